The number of methoxy groups -OCH3 is 1. The Morgan fingerprint density at radius 1 is 1.60 bits per heavy atom. The Hall–Kier alpha value is -1.17. The Morgan fingerprint density at radius 3 is 3.10 bits per heavy atom. The van der Waals surface area contributed by atoms with Crippen LogP contribution in [0.15, 0.2) is 18.2 Å². The second kappa shape index (κ2) is 7.02. The van der Waals surface area contributed by atoms with Crippen LogP contribution in [0, 0.1) is 5.82 Å². The first-order valence-electron chi connectivity index (χ1n) is 6.46. The molecule has 0 aliphatic carbocycles. The average molecular weight is 302 g/mol. The van der Waals surface area contributed by atoms with Crippen molar-refractivity contribution in [1.29, 1.82) is 0 Å². The summed E-state index contributed by atoms with van der Waals surface area (Å²) >= 11 is 5.79. The highest BCUT2D eigenvalue weighted by molar-refractivity contribution is 6.30. The third-order valence-electron chi connectivity index (χ3n) is 3.33. The van der Waals surface area contributed by atoms with Crippen LogP contribution in [-0.4, -0.2) is 44.2 Å². The van der Waals surface area contributed by atoms with Gasteiger partial charge in [-0.2, -0.15) is 0 Å². The Morgan fingerprint density at radius 2 is 2.40 bits per heavy atom. The molecule has 0 spiro atoms. The van der Waals surface area contributed by atoms with Gasteiger partial charge >= 0.3 is 5.97 Å². The van der Waals surface area contributed by atoms with E-state index in [1.165, 1.54) is 13.2 Å². The van der Waals surface area contributed by atoms with E-state index in [1.807, 2.05) is 0 Å². The van der Waals surface area contributed by atoms with Gasteiger partial charge in [-0.3, -0.25) is 9.69 Å². The highest BCUT2D eigenvalue weighted by atomic mass is 35.5. The average Bonchev–Trinajstić information content (AvgIpc) is 2.48. The van der Waals surface area contributed by atoms with E-state index < -0.39 is 5.82 Å². The number of carbonyl (C=O) groups excluding carboxylic acids is 1. The van der Waals surface area contributed by atoms with E-state index >= 15 is 0 Å². The summed E-state index contributed by atoms with van der Waals surface area (Å²) in [6.45, 7) is 2.61. The zero-order chi connectivity index (χ0) is 14.5. The maximum Gasteiger partial charge on any atom is 0.306 e. The van der Waals surface area contributed by atoms with Gasteiger partial charge in [0.15, 0.2) is 0 Å². The molecular weight excluding hydrogens is 285 g/mol. The first kappa shape index (κ1) is 15.2. The maximum absolute atomic E-state index is 13.2. The van der Waals surface area contributed by atoms with Crippen LogP contribution in [0.5, 0.6) is 0 Å². The molecule has 0 unspecified atom stereocenters. The van der Waals surface area contributed by atoms with E-state index in [0.717, 1.165) is 12.1 Å². The topological polar surface area (TPSA) is 38.8 Å². The molecule has 4 nitrogen and oxygen atoms in total. The highest BCUT2D eigenvalue weighted by Gasteiger charge is 2.23. The lowest BCUT2D eigenvalue weighted by atomic mass is 10.1. The predicted octanol–water partition coefficient (Wildman–Crippen LogP) is 2.42. The second-order valence-electron chi connectivity index (χ2n) is 4.66. The summed E-state index contributed by atoms with van der Waals surface area (Å²) in [6, 6.07) is 4.61. The van der Waals surface area contributed by atoms with Gasteiger partial charge in [0.05, 0.1) is 31.3 Å². The molecule has 0 radical (unpaired) electrons. The first-order chi connectivity index (χ1) is 9.60. The van der Waals surface area contributed by atoms with Crippen molar-refractivity contribution in [3.8, 4) is 0 Å². The third-order valence-corrected chi connectivity index (χ3v) is 3.62. The molecule has 0 bridgehead atoms. The van der Waals surface area contributed by atoms with Gasteiger partial charge in [-0.25, -0.2) is 4.39 Å². The SMILES string of the molecule is COC(=O)CCN1CCO[C@H](c2ccc(F)c(Cl)c2)C1. The van der Waals surface area contributed by atoms with Gasteiger partial charge in [0.25, 0.3) is 0 Å². The van der Waals surface area contributed by atoms with Crippen LogP contribution in [0.25, 0.3) is 0 Å². The smallest absolute Gasteiger partial charge is 0.306 e. The number of halogens is 2. The van der Waals surface area contributed by atoms with Gasteiger partial charge in [0.2, 0.25) is 0 Å². The number of nitrogens with zero attached hydrogens (tertiary/aromatic N) is 1. The van der Waals surface area contributed by atoms with Crippen LogP contribution >= 0.6 is 11.6 Å². The van der Waals surface area contributed by atoms with Gasteiger partial charge in [-0.15, -0.1) is 0 Å². The molecule has 0 aromatic heterocycles. The molecule has 20 heavy (non-hydrogen) atoms. The summed E-state index contributed by atoms with van der Waals surface area (Å²) in [5, 5.41) is 0.0952. The van der Waals surface area contributed by atoms with E-state index in [9.17, 15) is 9.18 Å². The highest BCUT2D eigenvalue weighted by Crippen LogP contribution is 2.26. The number of ether oxygens (including phenoxy) is 2. The summed E-state index contributed by atoms with van der Waals surface area (Å²) in [5.74, 6) is -0.661. The molecule has 1 aromatic carbocycles. The van der Waals surface area contributed by atoms with Crippen LogP contribution in [0.4, 0.5) is 4.39 Å². The Balaban J connectivity index is 1.95. The summed E-state index contributed by atoms with van der Waals surface area (Å²) in [4.78, 5) is 13.3. The van der Waals surface area contributed by atoms with E-state index in [4.69, 9.17) is 16.3 Å². The van der Waals surface area contributed by atoms with Crippen molar-refractivity contribution in [3.63, 3.8) is 0 Å². The number of benzene rings is 1. The Kier molecular flexibility index (Phi) is 5.34. The first-order valence-corrected chi connectivity index (χ1v) is 6.83. The van der Waals surface area contributed by atoms with E-state index in [0.29, 0.717) is 26.1 Å². The molecule has 1 aliphatic rings. The lowest BCUT2D eigenvalue weighted by molar-refractivity contribution is -0.141. The van der Waals surface area contributed by atoms with Gasteiger partial charge in [0, 0.05) is 19.6 Å². The summed E-state index contributed by atoms with van der Waals surface area (Å²) in [5.41, 5.74) is 0.846. The molecule has 0 amide bonds. The molecule has 0 N–H and O–H groups in total. The van der Waals surface area contributed by atoms with Crippen molar-refractivity contribution in [3.05, 3.63) is 34.6 Å². The maximum atomic E-state index is 13.2. The van der Waals surface area contributed by atoms with Crippen LogP contribution in [0.1, 0.15) is 18.1 Å². The fourth-order valence-electron chi connectivity index (χ4n) is 2.17. The Bertz CT molecular complexity index is 483. The normalized spacial score (nSPS) is 19.9. The number of rotatable bonds is 4. The van der Waals surface area contributed by atoms with Crippen molar-refractivity contribution in [1.82, 2.24) is 4.90 Å². The van der Waals surface area contributed by atoms with Crippen LogP contribution < -0.4 is 0 Å². The van der Waals surface area contributed by atoms with Gasteiger partial charge in [-0.1, -0.05) is 17.7 Å². The minimum absolute atomic E-state index is 0.0952. The number of carbonyl (C=O) groups is 1. The minimum atomic E-state index is -0.436. The minimum Gasteiger partial charge on any atom is -0.469 e. The van der Waals surface area contributed by atoms with Gasteiger partial charge in [0.1, 0.15) is 5.82 Å². The van der Waals surface area contributed by atoms with Crippen molar-refractivity contribution in [2.24, 2.45) is 0 Å². The largest absolute Gasteiger partial charge is 0.469 e. The van der Waals surface area contributed by atoms with Crippen LogP contribution in [-0.2, 0) is 14.3 Å². The number of morpholine rings is 1. The van der Waals surface area contributed by atoms with Crippen molar-refractivity contribution in [2.75, 3.05) is 33.4 Å². The lowest BCUT2D eigenvalue weighted by Gasteiger charge is -2.33. The Labute approximate surface area is 122 Å². The predicted molar refractivity (Wildman–Crippen MR) is 73.2 cm³/mol. The molecule has 1 saturated heterocycles. The molecule has 1 atom stereocenters. The molecule has 2 rings (SSSR count). The third kappa shape index (κ3) is 3.91. The molecule has 1 aromatic rings. The van der Waals surface area contributed by atoms with Gasteiger partial charge in [-0.05, 0) is 17.7 Å². The standard InChI is InChI=1S/C14H17ClFNO3/c1-19-14(18)4-5-17-6-7-20-13(9-17)10-2-3-12(16)11(15)8-10/h2-3,8,13H,4-7,9H2,1H3/t13-/m0/s1. The summed E-state index contributed by atoms with van der Waals surface area (Å²) in [6.07, 6.45) is 0.201. The van der Waals surface area contributed by atoms with E-state index in [1.54, 1.807) is 12.1 Å². The summed E-state index contributed by atoms with van der Waals surface area (Å²) < 4.78 is 23.5. The number of hydrogen-bond donors (Lipinski definition) is 0. The van der Waals surface area contributed by atoms with Crippen molar-refractivity contribution in [2.45, 2.75) is 12.5 Å². The number of hydrogen-bond acceptors (Lipinski definition) is 4. The van der Waals surface area contributed by atoms with Crippen molar-refractivity contribution >= 4 is 17.6 Å². The lowest BCUT2D eigenvalue weighted by Crippen LogP contribution is -2.39. The molecule has 0 saturated carbocycles. The summed E-state index contributed by atoms with van der Waals surface area (Å²) in [7, 11) is 1.38. The molecule has 1 fully saturated rings. The fourth-order valence-corrected chi connectivity index (χ4v) is 2.36. The van der Waals surface area contributed by atoms with Crippen molar-refractivity contribution < 1.29 is 18.7 Å². The molecule has 1 aliphatic heterocycles. The molecule has 6 heteroatoms. The monoisotopic (exact) mass is 301 g/mol. The zero-order valence-electron chi connectivity index (χ0n) is 11.3. The van der Waals surface area contributed by atoms with Crippen LogP contribution in [0.2, 0.25) is 5.02 Å². The van der Waals surface area contributed by atoms with Gasteiger partial charge < -0.3 is 9.47 Å². The second-order valence-corrected chi connectivity index (χ2v) is 5.07. The van der Waals surface area contributed by atoms with Crippen LogP contribution in [0.3, 0.4) is 0 Å². The molecule has 1 heterocycles. The fraction of sp³-hybridized carbons (Fsp3) is 0.500. The molecule has 110 valence electrons. The number of esters is 1. The quantitative estimate of drug-likeness (QED) is 0.801. The van der Waals surface area contributed by atoms with E-state index in [2.05, 4.69) is 9.64 Å². The zero-order valence-corrected chi connectivity index (χ0v) is 12.0. The van der Waals surface area contributed by atoms with E-state index in [-0.39, 0.29) is 17.1 Å². The molecular formula is C14H17ClFNO3.